The first-order valence-corrected chi connectivity index (χ1v) is 8.28. The summed E-state index contributed by atoms with van der Waals surface area (Å²) >= 11 is 0. The molecule has 2 aromatic heterocycles. The first-order valence-electron chi connectivity index (χ1n) is 8.28. The minimum atomic E-state index is 0.224. The monoisotopic (exact) mass is 286 g/mol. The third-order valence-electron chi connectivity index (χ3n) is 3.98. The molecular weight excluding hydrogens is 260 g/mol. The Kier molecular flexibility index (Phi) is 6.45. The minimum absolute atomic E-state index is 0.224. The van der Waals surface area contributed by atoms with Crippen molar-refractivity contribution < 1.29 is 4.79 Å². The SMILES string of the molecule is CCCCCCCCCCC(=O)c1cnn2ccccc12. The van der Waals surface area contributed by atoms with Crippen LogP contribution in [-0.2, 0) is 0 Å². The second-order valence-corrected chi connectivity index (χ2v) is 5.74. The van der Waals surface area contributed by atoms with Crippen molar-refractivity contribution in [3.05, 3.63) is 36.2 Å². The molecule has 0 aliphatic carbocycles. The normalized spacial score (nSPS) is 11.1. The van der Waals surface area contributed by atoms with Crippen LogP contribution < -0.4 is 0 Å². The predicted octanol–water partition coefficient (Wildman–Crippen LogP) is 5.05. The number of ketones is 1. The van der Waals surface area contributed by atoms with Crippen LogP contribution in [0, 0.1) is 0 Å². The highest BCUT2D eigenvalue weighted by Crippen LogP contribution is 2.15. The Morgan fingerprint density at radius 3 is 2.52 bits per heavy atom. The molecule has 114 valence electrons. The molecule has 3 nitrogen and oxygen atoms in total. The maximum Gasteiger partial charge on any atom is 0.166 e. The fourth-order valence-corrected chi connectivity index (χ4v) is 2.70. The van der Waals surface area contributed by atoms with Gasteiger partial charge in [-0.25, -0.2) is 4.52 Å². The molecule has 0 aliphatic rings. The standard InChI is InChI=1S/C18H26N2O/c1-2-3-4-5-6-7-8-9-13-18(21)16-15-19-20-14-11-10-12-17(16)20/h10-12,14-15H,2-9,13H2,1H3. The molecule has 2 rings (SSSR count). The average Bonchev–Trinajstić information content (AvgIpc) is 2.94. The molecule has 0 radical (unpaired) electrons. The van der Waals surface area contributed by atoms with Crippen LogP contribution in [0.4, 0.5) is 0 Å². The number of carbonyl (C=O) groups is 1. The van der Waals surface area contributed by atoms with E-state index in [0.29, 0.717) is 6.42 Å². The van der Waals surface area contributed by atoms with Gasteiger partial charge in [0, 0.05) is 12.6 Å². The van der Waals surface area contributed by atoms with Crippen LogP contribution in [0.5, 0.6) is 0 Å². The van der Waals surface area contributed by atoms with Gasteiger partial charge in [-0.3, -0.25) is 4.79 Å². The third-order valence-corrected chi connectivity index (χ3v) is 3.98. The van der Waals surface area contributed by atoms with Crippen molar-refractivity contribution in [1.29, 1.82) is 0 Å². The molecule has 0 atom stereocenters. The van der Waals surface area contributed by atoms with Crippen molar-refractivity contribution >= 4 is 11.3 Å². The van der Waals surface area contributed by atoms with Gasteiger partial charge in [0.2, 0.25) is 0 Å². The second kappa shape index (κ2) is 8.60. The van der Waals surface area contributed by atoms with Gasteiger partial charge in [0.05, 0.1) is 17.3 Å². The smallest absolute Gasteiger partial charge is 0.166 e. The number of Topliss-reactive ketones (excluding diaryl/α,β-unsaturated/α-hetero) is 1. The van der Waals surface area contributed by atoms with Gasteiger partial charge in [0.1, 0.15) is 0 Å². The lowest BCUT2D eigenvalue weighted by molar-refractivity contribution is 0.0980. The third kappa shape index (κ3) is 4.69. The lowest BCUT2D eigenvalue weighted by Gasteiger charge is -2.01. The van der Waals surface area contributed by atoms with Gasteiger partial charge in [-0.2, -0.15) is 5.10 Å². The summed E-state index contributed by atoms with van der Waals surface area (Å²) in [5.41, 5.74) is 1.68. The molecule has 2 heterocycles. The second-order valence-electron chi connectivity index (χ2n) is 5.74. The summed E-state index contributed by atoms with van der Waals surface area (Å²) in [5.74, 6) is 0.224. The molecule has 0 saturated heterocycles. The number of fused-ring (bicyclic) bond motifs is 1. The summed E-state index contributed by atoms with van der Waals surface area (Å²) in [7, 11) is 0. The van der Waals surface area contributed by atoms with Crippen LogP contribution in [0.3, 0.4) is 0 Å². The largest absolute Gasteiger partial charge is 0.294 e. The van der Waals surface area contributed by atoms with Crippen molar-refractivity contribution in [2.24, 2.45) is 0 Å². The number of pyridine rings is 1. The maximum atomic E-state index is 12.2. The van der Waals surface area contributed by atoms with Crippen LogP contribution in [0.25, 0.3) is 5.52 Å². The van der Waals surface area contributed by atoms with E-state index in [0.717, 1.165) is 23.9 Å². The minimum Gasteiger partial charge on any atom is -0.294 e. The lowest BCUT2D eigenvalue weighted by Crippen LogP contribution is -1.98. The van der Waals surface area contributed by atoms with E-state index in [1.165, 1.54) is 38.5 Å². The molecule has 0 aliphatic heterocycles. The van der Waals surface area contributed by atoms with E-state index in [4.69, 9.17) is 0 Å². The molecular formula is C18H26N2O. The zero-order valence-electron chi connectivity index (χ0n) is 13.1. The summed E-state index contributed by atoms with van der Waals surface area (Å²) in [5, 5.41) is 4.22. The molecule has 0 unspecified atom stereocenters. The Hall–Kier alpha value is -1.64. The number of aromatic nitrogens is 2. The molecule has 3 heteroatoms. The van der Waals surface area contributed by atoms with Gasteiger partial charge in [-0.1, -0.05) is 57.9 Å². The fourth-order valence-electron chi connectivity index (χ4n) is 2.70. The van der Waals surface area contributed by atoms with Crippen molar-refractivity contribution in [1.82, 2.24) is 9.61 Å². The Bertz CT molecular complexity index is 559. The van der Waals surface area contributed by atoms with Gasteiger partial charge in [-0.15, -0.1) is 0 Å². The summed E-state index contributed by atoms with van der Waals surface area (Å²) in [4.78, 5) is 12.2. The molecule has 0 N–H and O–H groups in total. The van der Waals surface area contributed by atoms with E-state index in [9.17, 15) is 4.79 Å². The number of hydrogen-bond acceptors (Lipinski definition) is 2. The zero-order valence-corrected chi connectivity index (χ0v) is 13.1. The number of unbranched alkanes of at least 4 members (excludes halogenated alkanes) is 7. The highest BCUT2D eigenvalue weighted by Gasteiger charge is 2.11. The summed E-state index contributed by atoms with van der Waals surface area (Å²) in [6.07, 6.45) is 14.3. The Labute approximate surface area is 127 Å². The van der Waals surface area contributed by atoms with Crippen LogP contribution >= 0.6 is 0 Å². The number of nitrogens with zero attached hydrogens (tertiary/aromatic N) is 2. The summed E-state index contributed by atoms with van der Waals surface area (Å²) < 4.78 is 1.76. The van der Waals surface area contributed by atoms with E-state index >= 15 is 0 Å². The number of hydrogen-bond donors (Lipinski definition) is 0. The van der Waals surface area contributed by atoms with E-state index in [2.05, 4.69) is 12.0 Å². The van der Waals surface area contributed by atoms with Crippen LogP contribution in [0.1, 0.15) is 75.1 Å². The Balaban J connectivity index is 1.68. The van der Waals surface area contributed by atoms with Gasteiger partial charge in [-0.05, 0) is 18.6 Å². The Morgan fingerprint density at radius 1 is 1.05 bits per heavy atom. The van der Waals surface area contributed by atoms with Gasteiger partial charge >= 0.3 is 0 Å². The molecule has 2 aromatic rings. The van der Waals surface area contributed by atoms with E-state index in [1.54, 1.807) is 10.7 Å². The fraction of sp³-hybridized carbons (Fsp3) is 0.556. The molecule has 0 fully saturated rings. The van der Waals surface area contributed by atoms with Gasteiger partial charge < -0.3 is 0 Å². The molecule has 0 aromatic carbocycles. The molecule has 0 amide bonds. The van der Waals surface area contributed by atoms with Crippen molar-refractivity contribution in [2.75, 3.05) is 0 Å². The van der Waals surface area contributed by atoms with Crippen LogP contribution in [0.2, 0.25) is 0 Å². The quantitative estimate of drug-likeness (QED) is 0.452. The molecule has 0 spiro atoms. The predicted molar refractivity (Wildman–Crippen MR) is 86.7 cm³/mol. The highest BCUT2D eigenvalue weighted by molar-refractivity contribution is 6.02. The van der Waals surface area contributed by atoms with E-state index in [-0.39, 0.29) is 5.78 Å². The van der Waals surface area contributed by atoms with E-state index in [1.807, 2.05) is 24.4 Å². The van der Waals surface area contributed by atoms with Crippen LogP contribution in [-0.4, -0.2) is 15.4 Å². The summed E-state index contributed by atoms with van der Waals surface area (Å²) in [6, 6.07) is 5.82. The van der Waals surface area contributed by atoms with Crippen LogP contribution in [0.15, 0.2) is 30.6 Å². The first kappa shape index (κ1) is 15.7. The Morgan fingerprint density at radius 2 is 1.76 bits per heavy atom. The van der Waals surface area contributed by atoms with Crippen molar-refractivity contribution in [3.8, 4) is 0 Å². The van der Waals surface area contributed by atoms with Gasteiger partial charge in [0.15, 0.2) is 5.78 Å². The topological polar surface area (TPSA) is 34.4 Å². The average molecular weight is 286 g/mol. The highest BCUT2D eigenvalue weighted by atomic mass is 16.1. The summed E-state index contributed by atoms with van der Waals surface area (Å²) in [6.45, 7) is 2.24. The lowest BCUT2D eigenvalue weighted by atomic mass is 10.0. The number of rotatable bonds is 10. The first-order chi connectivity index (χ1) is 10.3. The van der Waals surface area contributed by atoms with Crippen molar-refractivity contribution in [2.45, 2.75) is 64.7 Å². The van der Waals surface area contributed by atoms with E-state index < -0.39 is 0 Å². The van der Waals surface area contributed by atoms with Crippen molar-refractivity contribution in [3.63, 3.8) is 0 Å². The molecule has 21 heavy (non-hydrogen) atoms. The molecule has 0 bridgehead atoms. The van der Waals surface area contributed by atoms with Gasteiger partial charge in [0.25, 0.3) is 0 Å². The zero-order chi connectivity index (χ0) is 14.9. The number of carbonyl (C=O) groups excluding carboxylic acids is 1. The maximum absolute atomic E-state index is 12.2. The molecule has 0 saturated carbocycles.